The van der Waals surface area contributed by atoms with Crippen LogP contribution in [0.2, 0.25) is 5.02 Å². The molecule has 0 aliphatic rings. The van der Waals surface area contributed by atoms with Crippen LogP contribution >= 0.6 is 11.6 Å². The fourth-order valence-corrected chi connectivity index (χ4v) is 3.29. The molecule has 0 aliphatic carbocycles. The number of carbonyl (C=O) groups is 1. The number of amides is 1. The standard InChI is InChI=1S/C15H13ClF2N2O4S/c1-24-13-6-5-9(7-10(13)16)20-14(21)8-19-25(22,23)15-11(17)3-2-4-12(15)18/h2-7,19H,8H2,1H3,(H,20,21). The molecule has 2 N–H and O–H groups in total. The minimum absolute atomic E-state index is 0.245. The largest absolute Gasteiger partial charge is 0.495 e. The minimum atomic E-state index is -4.53. The molecule has 2 rings (SSSR count). The molecule has 2 aromatic carbocycles. The van der Waals surface area contributed by atoms with Crippen molar-refractivity contribution in [2.75, 3.05) is 19.0 Å². The second kappa shape index (κ2) is 7.77. The van der Waals surface area contributed by atoms with Crippen LogP contribution in [0.1, 0.15) is 0 Å². The summed E-state index contributed by atoms with van der Waals surface area (Å²) in [5, 5.41) is 2.64. The first-order valence-electron chi connectivity index (χ1n) is 6.81. The van der Waals surface area contributed by atoms with Gasteiger partial charge in [0.25, 0.3) is 0 Å². The molecule has 0 spiro atoms. The second-order valence-electron chi connectivity index (χ2n) is 4.77. The Morgan fingerprint density at radius 3 is 2.40 bits per heavy atom. The van der Waals surface area contributed by atoms with Gasteiger partial charge < -0.3 is 10.1 Å². The first-order valence-corrected chi connectivity index (χ1v) is 8.68. The van der Waals surface area contributed by atoms with Crippen molar-refractivity contribution in [3.63, 3.8) is 0 Å². The highest BCUT2D eigenvalue weighted by molar-refractivity contribution is 7.89. The van der Waals surface area contributed by atoms with Gasteiger partial charge >= 0.3 is 0 Å². The lowest BCUT2D eigenvalue weighted by molar-refractivity contribution is -0.115. The molecule has 0 saturated heterocycles. The number of halogens is 3. The van der Waals surface area contributed by atoms with Crippen LogP contribution in [-0.4, -0.2) is 28.0 Å². The normalized spacial score (nSPS) is 11.2. The van der Waals surface area contributed by atoms with E-state index in [2.05, 4.69) is 5.32 Å². The Bertz CT molecular complexity index is 886. The topological polar surface area (TPSA) is 84.5 Å². The fraction of sp³-hybridized carbons (Fsp3) is 0.133. The fourth-order valence-electron chi connectivity index (χ4n) is 1.92. The third-order valence-electron chi connectivity index (χ3n) is 3.05. The van der Waals surface area contributed by atoms with Gasteiger partial charge in [0, 0.05) is 5.69 Å². The van der Waals surface area contributed by atoms with E-state index in [1.807, 2.05) is 4.72 Å². The van der Waals surface area contributed by atoms with E-state index in [1.54, 1.807) is 0 Å². The van der Waals surface area contributed by atoms with Gasteiger partial charge in [-0.2, -0.15) is 0 Å². The maximum atomic E-state index is 13.5. The monoisotopic (exact) mass is 390 g/mol. The zero-order valence-corrected chi connectivity index (χ0v) is 14.4. The van der Waals surface area contributed by atoms with E-state index in [1.165, 1.54) is 25.3 Å². The summed E-state index contributed by atoms with van der Waals surface area (Å²) in [6.07, 6.45) is 0. The van der Waals surface area contributed by atoms with Crippen LogP contribution in [0.25, 0.3) is 0 Å². The second-order valence-corrected chi connectivity index (χ2v) is 6.88. The van der Waals surface area contributed by atoms with Gasteiger partial charge in [0.2, 0.25) is 15.9 Å². The van der Waals surface area contributed by atoms with Gasteiger partial charge in [-0.1, -0.05) is 17.7 Å². The Balaban J connectivity index is 2.05. The Morgan fingerprint density at radius 1 is 1.20 bits per heavy atom. The highest BCUT2D eigenvalue weighted by Crippen LogP contribution is 2.27. The SMILES string of the molecule is COc1ccc(NC(=O)CNS(=O)(=O)c2c(F)cccc2F)cc1Cl. The van der Waals surface area contributed by atoms with Crippen LogP contribution in [0, 0.1) is 11.6 Å². The van der Waals surface area contributed by atoms with Gasteiger partial charge in [0.1, 0.15) is 17.4 Å². The molecule has 0 heterocycles. The molecule has 0 saturated carbocycles. The quantitative estimate of drug-likeness (QED) is 0.793. The van der Waals surface area contributed by atoms with Crippen molar-refractivity contribution >= 4 is 33.2 Å². The summed E-state index contributed by atoms with van der Waals surface area (Å²) in [6.45, 7) is -0.722. The summed E-state index contributed by atoms with van der Waals surface area (Å²) in [5.74, 6) is -2.86. The third-order valence-corrected chi connectivity index (χ3v) is 4.79. The molecule has 0 atom stereocenters. The van der Waals surface area contributed by atoms with Crippen molar-refractivity contribution in [3.8, 4) is 5.75 Å². The molecule has 6 nitrogen and oxygen atoms in total. The van der Waals surface area contributed by atoms with Crippen molar-refractivity contribution in [3.05, 3.63) is 53.1 Å². The molecule has 0 fully saturated rings. The van der Waals surface area contributed by atoms with Crippen LogP contribution in [0.15, 0.2) is 41.3 Å². The van der Waals surface area contributed by atoms with E-state index in [4.69, 9.17) is 16.3 Å². The summed E-state index contributed by atoms with van der Waals surface area (Å²) in [4.78, 5) is 10.7. The van der Waals surface area contributed by atoms with Gasteiger partial charge in [0.05, 0.1) is 18.7 Å². The molecule has 0 aliphatic heterocycles. The van der Waals surface area contributed by atoms with Gasteiger partial charge in [-0.25, -0.2) is 21.9 Å². The van der Waals surface area contributed by atoms with Crippen molar-refractivity contribution in [2.45, 2.75) is 4.90 Å². The Hall–Kier alpha value is -2.23. The van der Waals surface area contributed by atoms with Crippen molar-refractivity contribution in [2.24, 2.45) is 0 Å². The number of hydrogen-bond donors (Lipinski definition) is 2. The molecule has 0 bridgehead atoms. The molecule has 2 aromatic rings. The van der Waals surface area contributed by atoms with Crippen LogP contribution < -0.4 is 14.8 Å². The van der Waals surface area contributed by atoms with Crippen LogP contribution in [0.5, 0.6) is 5.75 Å². The summed E-state index contributed by atoms with van der Waals surface area (Å²) >= 11 is 5.91. The van der Waals surface area contributed by atoms with E-state index in [0.717, 1.165) is 18.2 Å². The summed E-state index contributed by atoms with van der Waals surface area (Å²) in [6, 6.07) is 7.05. The smallest absolute Gasteiger partial charge is 0.246 e. The van der Waals surface area contributed by atoms with Crippen molar-refractivity contribution in [1.82, 2.24) is 4.72 Å². The Labute approximate surface area is 147 Å². The summed E-state index contributed by atoms with van der Waals surface area (Å²) in [7, 11) is -3.11. The maximum absolute atomic E-state index is 13.5. The maximum Gasteiger partial charge on any atom is 0.246 e. The zero-order valence-electron chi connectivity index (χ0n) is 12.8. The number of ether oxygens (including phenoxy) is 1. The highest BCUT2D eigenvalue weighted by atomic mass is 35.5. The lowest BCUT2D eigenvalue weighted by Gasteiger charge is -2.10. The van der Waals surface area contributed by atoms with Crippen LogP contribution in [-0.2, 0) is 14.8 Å². The van der Waals surface area contributed by atoms with Gasteiger partial charge in [-0.15, -0.1) is 0 Å². The van der Waals surface area contributed by atoms with Crippen LogP contribution in [0.3, 0.4) is 0 Å². The molecule has 0 aromatic heterocycles. The Morgan fingerprint density at radius 2 is 1.84 bits per heavy atom. The number of hydrogen-bond acceptors (Lipinski definition) is 4. The number of sulfonamides is 1. The Kier molecular flexibility index (Phi) is 5.93. The first kappa shape index (κ1) is 19.1. The number of anilines is 1. The number of benzene rings is 2. The molecule has 0 radical (unpaired) electrons. The van der Waals surface area contributed by atoms with E-state index in [9.17, 15) is 22.0 Å². The minimum Gasteiger partial charge on any atom is -0.495 e. The van der Waals surface area contributed by atoms with Gasteiger partial charge in [0.15, 0.2) is 4.90 Å². The van der Waals surface area contributed by atoms with Crippen molar-refractivity contribution in [1.29, 1.82) is 0 Å². The van der Waals surface area contributed by atoms with E-state index < -0.39 is 39.0 Å². The number of methoxy groups -OCH3 is 1. The van der Waals surface area contributed by atoms with E-state index in [-0.39, 0.29) is 5.02 Å². The molecule has 1 amide bonds. The molecule has 10 heteroatoms. The van der Waals surface area contributed by atoms with Crippen molar-refractivity contribution < 1.29 is 26.7 Å². The average molecular weight is 391 g/mol. The summed E-state index contributed by atoms with van der Waals surface area (Å²) < 4.78 is 57.8. The average Bonchev–Trinajstić information content (AvgIpc) is 2.53. The highest BCUT2D eigenvalue weighted by Gasteiger charge is 2.24. The predicted octanol–water partition coefficient (Wildman–Crippen LogP) is 2.54. The zero-order chi connectivity index (χ0) is 18.6. The first-order chi connectivity index (χ1) is 11.7. The van der Waals surface area contributed by atoms with Crippen LogP contribution in [0.4, 0.5) is 14.5 Å². The third kappa shape index (κ3) is 4.65. The molecule has 134 valence electrons. The number of nitrogens with one attached hydrogen (secondary N) is 2. The molecular formula is C15H13ClF2N2O4S. The lowest BCUT2D eigenvalue weighted by Crippen LogP contribution is -2.33. The number of carbonyl (C=O) groups excluding carboxylic acids is 1. The number of rotatable bonds is 6. The van der Waals surface area contributed by atoms with E-state index >= 15 is 0 Å². The van der Waals surface area contributed by atoms with Gasteiger partial charge in [-0.05, 0) is 30.3 Å². The van der Waals surface area contributed by atoms with E-state index in [0.29, 0.717) is 11.4 Å². The predicted molar refractivity (Wildman–Crippen MR) is 88.2 cm³/mol. The molecular weight excluding hydrogens is 378 g/mol. The molecule has 0 unspecified atom stereocenters. The summed E-state index contributed by atoms with van der Waals surface area (Å²) in [5.41, 5.74) is 0.298. The lowest BCUT2D eigenvalue weighted by atomic mass is 10.3. The molecule has 25 heavy (non-hydrogen) atoms. The van der Waals surface area contributed by atoms with Gasteiger partial charge in [-0.3, -0.25) is 4.79 Å².